The third-order valence-electron chi connectivity index (χ3n) is 2.48. The maximum Gasteiger partial charge on any atom is 0.339 e. The number of benzene rings is 2. The number of fused-ring (bicyclic) bond motifs is 1. The molecule has 0 unspecified atom stereocenters. The van der Waals surface area contributed by atoms with Crippen molar-refractivity contribution in [3.05, 3.63) is 35.9 Å². The summed E-state index contributed by atoms with van der Waals surface area (Å²) in [6.45, 7) is 0. The Morgan fingerprint density at radius 3 is 2.44 bits per heavy atom. The minimum absolute atomic E-state index is 0.120. The van der Waals surface area contributed by atoms with E-state index in [4.69, 9.17) is 10.2 Å². The van der Waals surface area contributed by atoms with Gasteiger partial charge in [-0.15, -0.1) is 0 Å². The lowest BCUT2D eigenvalue weighted by molar-refractivity contribution is 0.0692. The average Bonchev–Trinajstić information content (AvgIpc) is 2.25. The van der Waals surface area contributed by atoms with Crippen molar-refractivity contribution in [2.75, 3.05) is 0 Å². The van der Waals surface area contributed by atoms with Crippen LogP contribution in [0.4, 0.5) is 0 Å². The second-order valence-electron chi connectivity index (χ2n) is 3.68. The van der Waals surface area contributed by atoms with E-state index in [1.54, 1.807) is 0 Å². The van der Waals surface area contributed by atoms with E-state index in [0.717, 1.165) is 12.1 Å². The van der Waals surface area contributed by atoms with Gasteiger partial charge >= 0.3 is 5.97 Å². The topological polar surface area (TPSA) is 117 Å². The number of hydrogen-bond donors (Lipinski definition) is 2. The third kappa shape index (κ3) is 2.01. The van der Waals surface area contributed by atoms with Gasteiger partial charge in [-0.1, -0.05) is 12.1 Å². The van der Waals surface area contributed by atoms with Crippen LogP contribution in [0.5, 0.6) is 5.75 Å². The molecule has 2 aromatic rings. The Morgan fingerprint density at radius 2 is 1.89 bits per heavy atom. The third-order valence-corrected chi connectivity index (χ3v) is 3.45. The molecule has 6 nitrogen and oxygen atoms in total. The predicted octanol–water partition coefficient (Wildman–Crippen LogP) is 1.33. The first-order chi connectivity index (χ1) is 8.30. The molecule has 2 rings (SSSR count). The molecule has 3 N–H and O–H groups in total. The molecule has 0 atom stereocenters. The molecule has 0 bridgehead atoms. The van der Waals surface area contributed by atoms with Crippen LogP contribution < -0.4 is 5.14 Å². The van der Waals surface area contributed by atoms with Gasteiger partial charge in [0.25, 0.3) is 0 Å². The van der Waals surface area contributed by atoms with Crippen molar-refractivity contribution in [2.24, 2.45) is 5.14 Å². The predicted molar refractivity (Wildman–Crippen MR) is 62.4 cm³/mol. The summed E-state index contributed by atoms with van der Waals surface area (Å²) < 4.78 is 22.7. The van der Waals surface area contributed by atoms with E-state index in [0.29, 0.717) is 5.39 Å². The summed E-state index contributed by atoms with van der Waals surface area (Å²) in [5.74, 6) is -2.12. The zero-order valence-electron chi connectivity index (χ0n) is 8.95. The molecule has 0 aromatic heterocycles. The largest absolute Gasteiger partial charge is 0.478 e. The Bertz CT molecular complexity index is 751. The van der Waals surface area contributed by atoms with E-state index in [1.807, 2.05) is 0 Å². The van der Waals surface area contributed by atoms with Gasteiger partial charge in [0.2, 0.25) is 10.0 Å². The van der Waals surface area contributed by atoms with E-state index >= 15 is 0 Å². The van der Waals surface area contributed by atoms with Crippen LogP contribution in [0.3, 0.4) is 0 Å². The van der Waals surface area contributed by atoms with Gasteiger partial charge in [0.05, 0.1) is 4.90 Å². The molecule has 0 spiro atoms. The fourth-order valence-corrected chi connectivity index (χ4v) is 2.44. The van der Waals surface area contributed by atoms with E-state index in [9.17, 15) is 18.3 Å². The van der Waals surface area contributed by atoms with Crippen LogP contribution in [-0.4, -0.2) is 19.5 Å². The number of sulfonamides is 1. The highest BCUT2D eigenvalue weighted by atomic mass is 32.2. The van der Waals surface area contributed by atoms with Crippen molar-refractivity contribution in [2.45, 2.75) is 4.90 Å². The highest BCUT2D eigenvalue weighted by Crippen LogP contribution is 2.29. The summed E-state index contributed by atoms with van der Waals surface area (Å²) in [5, 5.41) is 25.8. The van der Waals surface area contributed by atoms with E-state index in [-0.39, 0.29) is 10.3 Å². The highest BCUT2D eigenvalue weighted by molar-refractivity contribution is 7.89. The van der Waals surface area contributed by atoms with Crippen LogP contribution in [0, 0.1) is 0 Å². The molecular weight excluding hydrogens is 258 g/mol. The summed E-state index contributed by atoms with van der Waals surface area (Å²) in [5.41, 5.74) is -0.408. The standard InChI is InChI=1S/C11H8NO5S/c12-18(16,17)10-3-1-2-6-4-8(11(14)15)9(13)5-7(6)10/h1-5H,(H,14,15)(H2,12,16,17). The summed E-state index contributed by atoms with van der Waals surface area (Å²) in [6.07, 6.45) is 0. The first-order valence-electron chi connectivity index (χ1n) is 4.80. The van der Waals surface area contributed by atoms with Crippen LogP contribution >= 0.6 is 0 Å². The monoisotopic (exact) mass is 266 g/mol. The summed E-state index contributed by atoms with van der Waals surface area (Å²) in [4.78, 5) is 10.6. The first kappa shape index (κ1) is 12.3. The summed E-state index contributed by atoms with van der Waals surface area (Å²) in [7, 11) is -3.97. The van der Waals surface area contributed by atoms with Gasteiger partial charge < -0.3 is 5.11 Å². The maximum atomic E-state index is 11.5. The van der Waals surface area contributed by atoms with Crippen LogP contribution in [0.2, 0.25) is 0 Å². The lowest BCUT2D eigenvalue weighted by atomic mass is 10.1. The first-order valence-corrected chi connectivity index (χ1v) is 6.35. The van der Waals surface area contributed by atoms with Gasteiger partial charge in [-0.2, -0.15) is 0 Å². The number of carboxylic acid groups (broad SMARTS) is 1. The van der Waals surface area contributed by atoms with Crippen molar-refractivity contribution in [1.29, 1.82) is 0 Å². The molecule has 0 aliphatic rings. The smallest absolute Gasteiger partial charge is 0.339 e. The van der Waals surface area contributed by atoms with Gasteiger partial charge in [-0.3, -0.25) is 5.11 Å². The molecule has 7 heteroatoms. The molecule has 0 aliphatic carbocycles. The molecular formula is C11H8NO5S. The van der Waals surface area contributed by atoms with Gasteiger partial charge in [0, 0.05) is 5.39 Å². The number of carbonyl (C=O) groups is 1. The number of nitrogens with two attached hydrogens (primary N) is 1. The summed E-state index contributed by atoms with van der Waals surface area (Å²) >= 11 is 0. The van der Waals surface area contributed by atoms with Crippen molar-refractivity contribution < 1.29 is 23.4 Å². The fourth-order valence-electron chi connectivity index (χ4n) is 1.69. The van der Waals surface area contributed by atoms with Gasteiger partial charge in [-0.05, 0) is 23.6 Å². The Hall–Kier alpha value is -2.12. The normalized spacial score (nSPS) is 11.6. The molecule has 0 heterocycles. The molecule has 0 aliphatic heterocycles. The van der Waals surface area contributed by atoms with Crippen molar-refractivity contribution in [3.8, 4) is 5.75 Å². The zero-order valence-corrected chi connectivity index (χ0v) is 9.77. The van der Waals surface area contributed by atoms with Gasteiger partial charge in [-0.25, -0.2) is 18.4 Å². The Morgan fingerprint density at radius 1 is 1.22 bits per heavy atom. The van der Waals surface area contributed by atoms with Gasteiger partial charge in [0.1, 0.15) is 5.56 Å². The molecule has 0 amide bonds. The molecule has 2 aromatic carbocycles. The number of carboxylic acids is 1. The van der Waals surface area contributed by atoms with Crippen LogP contribution in [0.15, 0.2) is 35.2 Å². The Balaban J connectivity index is 2.89. The highest BCUT2D eigenvalue weighted by Gasteiger charge is 2.17. The maximum absolute atomic E-state index is 11.5. The number of rotatable bonds is 2. The zero-order chi connectivity index (χ0) is 13.5. The van der Waals surface area contributed by atoms with E-state index in [1.165, 1.54) is 18.2 Å². The average molecular weight is 266 g/mol. The van der Waals surface area contributed by atoms with Crippen molar-refractivity contribution >= 4 is 26.8 Å². The number of aromatic carboxylic acids is 1. The Kier molecular flexibility index (Phi) is 2.72. The number of primary sulfonamides is 1. The number of hydrogen-bond acceptors (Lipinski definition) is 3. The van der Waals surface area contributed by atoms with Crippen LogP contribution in [-0.2, 0) is 15.1 Å². The minimum atomic E-state index is -3.97. The van der Waals surface area contributed by atoms with Gasteiger partial charge in [0.15, 0.2) is 5.75 Å². The molecule has 1 radical (unpaired) electrons. The lowest BCUT2D eigenvalue weighted by Crippen LogP contribution is -2.12. The molecule has 93 valence electrons. The van der Waals surface area contributed by atoms with E-state index in [2.05, 4.69) is 0 Å². The van der Waals surface area contributed by atoms with Crippen molar-refractivity contribution in [3.63, 3.8) is 0 Å². The van der Waals surface area contributed by atoms with Crippen LogP contribution in [0.1, 0.15) is 10.4 Å². The minimum Gasteiger partial charge on any atom is -0.478 e. The summed E-state index contributed by atoms with van der Waals surface area (Å²) in [6, 6.07) is 6.30. The molecule has 0 fully saturated rings. The lowest BCUT2D eigenvalue weighted by Gasteiger charge is -2.05. The quantitative estimate of drug-likeness (QED) is 0.852. The molecule has 0 saturated heterocycles. The molecule has 0 saturated carbocycles. The van der Waals surface area contributed by atoms with Crippen LogP contribution in [0.25, 0.3) is 10.8 Å². The second-order valence-corrected chi connectivity index (χ2v) is 5.21. The second kappa shape index (κ2) is 3.97. The van der Waals surface area contributed by atoms with Crippen molar-refractivity contribution in [1.82, 2.24) is 0 Å². The van der Waals surface area contributed by atoms with E-state index < -0.39 is 27.3 Å². The SMILES string of the molecule is NS(=O)(=O)c1cccc2cc(C(=O)O)c([O])cc12. The Labute approximate surface area is 102 Å². The fraction of sp³-hybridized carbons (Fsp3) is 0. The molecule has 18 heavy (non-hydrogen) atoms.